The van der Waals surface area contributed by atoms with E-state index in [0.29, 0.717) is 51.9 Å². The van der Waals surface area contributed by atoms with Crippen LogP contribution in [0.2, 0.25) is 0 Å². The van der Waals surface area contributed by atoms with Crippen LogP contribution in [0.25, 0.3) is 6.08 Å². The smallest absolute Gasteiger partial charge is 0.410 e. The second kappa shape index (κ2) is 14.8. The standard InChI is InChI=1S/C38H52N6O8S/c1-6-17-42-18-10-8-9-12-24-13-11-14-25-21-43(23-29(24)25)36(49)52-27-19-30(44(22-27)33(46)31(37(3,4)5)39-35(42)48)32(45)40-38(20-26(38)7-2)34(47)41-53(50,51)28-15-16-28/h7,9,11-14,26-28,30-31H,2,6,8,10,15-23H2,1,3-5H3,(H,39,48)(H,40,45)(H,41,47)/b12-9+/t26-,27-,30+,31-,38-/m1/s1. The van der Waals surface area contributed by atoms with Gasteiger partial charge >= 0.3 is 12.1 Å². The molecule has 0 radical (unpaired) electrons. The highest BCUT2D eigenvalue weighted by atomic mass is 32.2. The average Bonchev–Trinajstić information content (AvgIpc) is 3.99. The maximum Gasteiger partial charge on any atom is 0.410 e. The SMILES string of the molecule is C=C[C@@H]1C[C@]1(NC(=O)[C@@H]1C[C@@H]2CN1C(=O)[C@H](C(C)(C)C)NC(=O)N(CCC)CCC/C=C/c1cccc3c1CN(C3)C(=O)O2)C(=O)NS(=O)(=O)C1CC1. The van der Waals surface area contributed by atoms with Crippen molar-refractivity contribution in [1.29, 1.82) is 0 Å². The van der Waals surface area contributed by atoms with Crippen LogP contribution >= 0.6 is 0 Å². The number of amides is 6. The zero-order valence-electron chi connectivity index (χ0n) is 31.1. The van der Waals surface area contributed by atoms with Crippen LogP contribution in [0, 0.1) is 11.3 Å². The Morgan fingerprint density at radius 3 is 2.57 bits per heavy atom. The molecule has 53 heavy (non-hydrogen) atoms. The van der Waals surface area contributed by atoms with Crippen molar-refractivity contribution in [2.24, 2.45) is 11.3 Å². The summed E-state index contributed by atoms with van der Waals surface area (Å²) in [7, 11) is -3.91. The van der Waals surface area contributed by atoms with Gasteiger partial charge in [0, 0.05) is 32.0 Å². The van der Waals surface area contributed by atoms with Gasteiger partial charge in [0.25, 0.3) is 5.91 Å². The van der Waals surface area contributed by atoms with E-state index in [9.17, 15) is 32.4 Å². The van der Waals surface area contributed by atoms with Crippen LogP contribution in [0.3, 0.4) is 0 Å². The zero-order valence-corrected chi connectivity index (χ0v) is 31.9. The van der Waals surface area contributed by atoms with Crippen LogP contribution in [0.5, 0.6) is 0 Å². The molecule has 4 bridgehead atoms. The molecular weight excluding hydrogens is 701 g/mol. The molecule has 3 fully saturated rings. The number of ether oxygens (including phenoxy) is 1. The maximum absolute atomic E-state index is 14.6. The summed E-state index contributed by atoms with van der Waals surface area (Å²) in [6, 6.07) is 3.28. The number of nitrogens with zero attached hydrogens (tertiary/aromatic N) is 3. The van der Waals surface area contributed by atoms with Crippen LogP contribution in [-0.2, 0) is 42.2 Å². The van der Waals surface area contributed by atoms with Gasteiger partial charge in [-0.3, -0.25) is 24.0 Å². The molecular formula is C38H52N6O8S. The lowest BCUT2D eigenvalue weighted by Crippen LogP contribution is -2.61. The minimum absolute atomic E-state index is 0.0678. The molecule has 2 saturated carbocycles. The molecule has 0 unspecified atom stereocenters. The van der Waals surface area contributed by atoms with Crippen LogP contribution in [-0.4, -0.2) is 102 Å². The number of carbonyl (C=O) groups excluding carboxylic acids is 5. The van der Waals surface area contributed by atoms with E-state index in [1.165, 1.54) is 11.0 Å². The molecule has 2 aliphatic carbocycles. The Kier molecular flexibility index (Phi) is 10.7. The first-order valence-electron chi connectivity index (χ1n) is 18.7. The third kappa shape index (κ3) is 8.09. The molecule has 1 aromatic rings. The van der Waals surface area contributed by atoms with E-state index in [4.69, 9.17) is 4.74 Å². The summed E-state index contributed by atoms with van der Waals surface area (Å²) in [6.45, 7) is 12.7. The first kappa shape index (κ1) is 38.3. The molecule has 5 atom stereocenters. The van der Waals surface area contributed by atoms with Crippen LogP contribution in [0.1, 0.15) is 89.3 Å². The highest BCUT2D eigenvalue weighted by Gasteiger charge is 2.62. The predicted octanol–water partition coefficient (Wildman–Crippen LogP) is 3.42. The topological polar surface area (TPSA) is 175 Å². The number of nitrogens with one attached hydrogen (secondary N) is 3. The Hall–Kier alpha value is -4.40. The molecule has 5 aliphatic rings. The van der Waals surface area contributed by atoms with Gasteiger partial charge in [0.05, 0.1) is 18.3 Å². The van der Waals surface area contributed by atoms with Gasteiger partial charge in [0.15, 0.2) is 0 Å². The van der Waals surface area contributed by atoms with Gasteiger partial charge in [0.1, 0.15) is 23.7 Å². The van der Waals surface area contributed by atoms with Crippen LogP contribution in [0.15, 0.2) is 36.9 Å². The second-order valence-corrected chi connectivity index (χ2v) is 18.0. The average molecular weight is 753 g/mol. The number of benzene rings is 1. The summed E-state index contributed by atoms with van der Waals surface area (Å²) in [5.41, 5.74) is 0.671. The van der Waals surface area contributed by atoms with Gasteiger partial charge in [-0.15, -0.1) is 6.58 Å². The molecule has 3 N–H and O–H groups in total. The molecule has 15 heteroatoms. The van der Waals surface area contributed by atoms with Crippen molar-refractivity contribution in [3.05, 3.63) is 53.6 Å². The molecule has 3 aliphatic heterocycles. The Balaban J connectivity index is 1.30. The maximum atomic E-state index is 14.6. The molecule has 1 aromatic carbocycles. The minimum atomic E-state index is -3.91. The van der Waals surface area contributed by atoms with Crippen molar-refractivity contribution in [2.45, 2.75) is 115 Å². The first-order valence-corrected chi connectivity index (χ1v) is 20.2. The zero-order chi connectivity index (χ0) is 38.3. The summed E-state index contributed by atoms with van der Waals surface area (Å²) in [5, 5.41) is 5.08. The molecule has 14 nitrogen and oxygen atoms in total. The highest BCUT2D eigenvalue weighted by molar-refractivity contribution is 7.91. The van der Waals surface area contributed by atoms with Gasteiger partial charge in [-0.1, -0.05) is 64.1 Å². The summed E-state index contributed by atoms with van der Waals surface area (Å²) < 4.78 is 33.5. The fourth-order valence-electron chi connectivity index (χ4n) is 7.57. The molecule has 6 rings (SSSR count). The van der Waals surface area contributed by atoms with Crippen molar-refractivity contribution >= 4 is 45.9 Å². The van der Waals surface area contributed by atoms with Gasteiger partial charge in [-0.2, -0.15) is 0 Å². The van der Waals surface area contributed by atoms with E-state index in [0.717, 1.165) is 23.1 Å². The molecule has 288 valence electrons. The number of rotatable bonds is 8. The van der Waals surface area contributed by atoms with Crippen molar-refractivity contribution in [1.82, 2.24) is 30.1 Å². The number of hydrogen-bond acceptors (Lipinski definition) is 8. The van der Waals surface area contributed by atoms with Crippen molar-refractivity contribution in [3.8, 4) is 0 Å². The fraction of sp³-hybridized carbons (Fsp3) is 0.605. The molecule has 1 saturated heterocycles. The lowest BCUT2D eigenvalue weighted by Gasteiger charge is -2.37. The second-order valence-electron chi connectivity index (χ2n) is 16.1. The third-order valence-corrected chi connectivity index (χ3v) is 12.7. The number of urea groups is 1. The van der Waals surface area contributed by atoms with E-state index < -0.39 is 80.2 Å². The van der Waals surface area contributed by atoms with E-state index in [1.54, 1.807) is 9.80 Å². The van der Waals surface area contributed by atoms with Crippen molar-refractivity contribution in [2.75, 3.05) is 19.6 Å². The summed E-state index contributed by atoms with van der Waals surface area (Å²) in [4.78, 5) is 74.4. The Morgan fingerprint density at radius 1 is 1.15 bits per heavy atom. The van der Waals surface area contributed by atoms with Gasteiger partial charge < -0.3 is 25.2 Å². The first-order chi connectivity index (χ1) is 25.1. The van der Waals surface area contributed by atoms with Gasteiger partial charge in [0.2, 0.25) is 21.8 Å². The lowest BCUT2D eigenvalue weighted by atomic mass is 9.85. The number of hydrogen-bond donors (Lipinski definition) is 3. The minimum Gasteiger partial charge on any atom is -0.444 e. The molecule has 6 amide bonds. The van der Waals surface area contributed by atoms with Crippen LogP contribution in [0.4, 0.5) is 9.59 Å². The number of carbonyl (C=O) groups is 5. The largest absolute Gasteiger partial charge is 0.444 e. The Morgan fingerprint density at radius 2 is 1.91 bits per heavy atom. The van der Waals surface area contributed by atoms with Crippen molar-refractivity contribution in [3.63, 3.8) is 0 Å². The Bertz CT molecular complexity index is 1800. The molecule has 0 aromatic heterocycles. The van der Waals surface area contributed by atoms with Gasteiger partial charge in [-0.25, -0.2) is 18.0 Å². The number of fused-ring (bicyclic) bond motifs is 3. The van der Waals surface area contributed by atoms with Crippen LogP contribution < -0.4 is 15.4 Å². The number of sulfonamides is 1. The van der Waals surface area contributed by atoms with Gasteiger partial charge in [-0.05, 0) is 60.6 Å². The fourth-order valence-corrected chi connectivity index (χ4v) is 8.93. The monoisotopic (exact) mass is 752 g/mol. The number of allylic oxidation sites excluding steroid dienone is 1. The summed E-state index contributed by atoms with van der Waals surface area (Å²) >= 11 is 0. The van der Waals surface area contributed by atoms with Crippen molar-refractivity contribution < 1.29 is 37.1 Å². The normalized spacial score (nSPS) is 28.6. The third-order valence-electron chi connectivity index (χ3n) is 10.9. The van der Waals surface area contributed by atoms with E-state index in [1.807, 2.05) is 52.0 Å². The molecule has 0 spiro atoms. The van der Waals surface area contributed by atoms with E-state index in [2.05, 4.69) is 28.0 Å². The lowest BCUT2D eigenvalue weighted by molar-refractivity contribution is -0.142. The van der Waals surface area contributed by atoms with E-state index in [-0.39, 0.29) is 19.4 Å². The van der Waals surface area contributed by atoms with E-state index >= 15 is 0 Å². The summed E-state index contributed by atoms with van der Waals surface area (Å²) in [6.07, 6.45) is 7.25. The Labute approximate surface area is 311 Å². The predicted molar refractivity (Wildman–Crippen MR) is 197 cm³/mol. The summed E-state index contributed by atoms with van der Waals surface area (Å²) in [5.74, 6) is -2.62. The molecule has 3 heterocycles. The quantitative estimate of drug-likeness (QED) is 0.339. The highest BCUT2D eigenvalue weighted by Crippen LogP contribution is 2.45.